The van der Waals surface area contributed by atoms with E-state index in [1.54, 1.807) is 6.92 Å². The first-order valence-electron chi connectivity index (χ1n) is 11.9. The summed E-state index contributed by atoms with van der Waals surface area (Å²) in [4.78, 5) is 30.3. The second kappa shape index (κ2) is 10.3. The van der Waals surface area contributed by atoms with Crippen LogP contribution in [0.2, 0.25) is 0 Å². The molecule has 2 amide bonds. The second-order valence-electron chi connectivity index (χ2n) is 9.11. The molecule has 0 radical (unpaired) electrons. The zero-order valence-corrected chi connectivity index (χ0v) is 20.5. The Labute approximate surface area is 201 Å². The molecule has 2 N–H and O–H groups in total. The molecule has 0 bridgehead atoms. The van der Waals surface area contributed by atoms with Crippen LogP contribution in [0.4, 0.5) is 10.5 Å². The summed E-state index contributed by atoms with van der Waals surface area (Å²) in [6.07, 6.45) is 0. The van der Waals surface area contributed by atoms with E-state index >= 15 is 0 Å². The fourth-order valence-electron chi connectivity index (χ4n) is 4.73. The van der Waals surface area contributed by atoms with Gasteiger partial charge in [-0.05, 0) is 44.9 Å². The smallest absolute Gasteiger partial charge is 0.338 e. The Morgan fingerprint density at radius 3 is 2.32 bits per heavy atom. The van der Waals surface area contributed by atoms with Gasteiger partial charge in [0.15, 0.2) is 0 Å². The third-order valence-electron chi connectivity index (χ3n) is 6.51. The predicted octanol–water partition coefficient (Wildman–Crippen LogP) is 3.61. The van der Waals surface area contributed by atoms with Crippen molar-refractivity contribution >= 4 is 17.7 Å². The number of amides is 2. The number of esters is 1. The van der Waals surface area contributed by atoms with Gasteiger partial charge in [0.2, 0.25) is 0 Å². The van der Waals surface area contributed by atoms with Crippen LogP contribution in [-0.2, 0) is 9.53 Å². The van der Waals surface area contributed by atoms with Crippen LogP contribution < -0.4 is 15.5 Å². The molecule has 2 aliphatic rings. The molecule has 7 nitrogen and oxygen atoms in total. The van der Waals surface area contributed by atoms with Crippen LogP contribution in [-0.4, -0.2) is 56.2 Å². The average Bonchev–Trinajstić information content (AvgIpc) is 2.80. The second-order valence-corrected chi connectivity index (χ2v) is 9.11. The van der Waals surface area contributed by atoms with Crippen molar-refractivity contribution in [3.8, 4) is 0 Å². The van der Waals surface area contributed by atoms with Crippen LogP contribution in [0.5, 0.6) is 0 Å². The molecular weight excluding hydrogens is 428 g/mol. The van der Waals surface area contributed by atoms with Gasteiger partial charge < -0.3 is 20.3 Å². The fraction of sp³-hybridized carbons (Fsp3) is 0.407. The number of nitrogens with one attached hydrogen (secondary N) is 2. The highest BCUT2D eigenvalue weighted by atomic mass is 16.5. The van der Waals surface area contributed by atoms with Gasteiger partial charge in [-0.1, -0.05) is 47.5 Å². The van der Waals surface area contributed by atoms with Crippen molar-refractivity contribution in [2.24, 2.45) is 0 Å². The van der Waals surface area contributed by atoms with Crippen molar-refractivity contribution in [1.82, 2.24) is 15.5 Å². The van der Waals surface area contributed by atoms with Crippen molar-refractivity contribution in [1.29, 1.82) is 0 Å². The van der Waals surface area contributed by atoms with Gasteiger partial charge in [0.1, 0.15) is 0 Å². The number of aryl methyl sites for hydroxylation is 3. The number of urea groups is 1. The molecule has 180 valence electrons. The first-order chi connectivity index (χ1) is 16.4. The number of rotatable bonds is 6. The number of carbonyl (C=O) groups is 2. The van der Waals surface area contributed by atoms with Gasteiger partial charge in [0.05, 0.1) is 18.2 Å². The lowest BCUT2D eigenvalue weighted by Crippen LogP contribution is -2.52. The molecule has 1 saturated heterocycles. The molecule has 4 rings (SSSR count). The molecule has 0 unspecified atom stereocenters. The summed E-state index contributed by atoms with van der Waals surface area (Å²) in [5.74, 6) is -0.399. The predicted molar refractivity (Wildman–Crippen MR) is 134 cm³/mol. The number of piperazine rings is 1. The average molecular weight is 463 g/mol. The largest absolute Gasteiger partial charge is 0.463 e. The van der Waals surface area contributed by atoms with Crippen molar-refractivity contribution in [3.63, 3.8) is 0 Å². The normalized spacial score (nSPS) is 19.0. The lowest BCUT2D eigenvalue weighted by Gasteiger charge is -2.38. The Morgan fingerprint density at radius 2 is 1.68 bits per heavy atom. The zero-order valence-electron chi connectivity index (χ0n) is 20.5. The van der Waals surface area contributed by atoms with Crippen molar-refractivity contribution in [2.75, 3.05) is 44.2 Å². The van der Waals surface area contributed by atoms with Gasteiger partial charge in [0, 0.05) is 44.1 Å². The van der Waals surface area contributed by atoms with Gasteiger partial charge in [-0.15, -0.1) is 0 Å². The Kier molecular flexibility index (Phi) is 7.22. The highest BCUT2D eigenvalue weighted by Gasteiger charge is 2.34. The SMILES string of the molecule is CCOC(=O)C1=C(CN2CCN(c3ccc(C)cc3C)CC2)NC(=O)N[C@@H]1c1ccc(C)cc1. The molecule has 0 aliphatic carbocycles. The van der Waals surface area contributed by atoms with E-state index in [0.29, 0.717) is 17.8 Å². The van der Waals surface area contributed by atoms with E-state index in [2.05, 4.69) is 52.5 Å². The van der Waals surface area contributed by atoms with Crippen LogP contribution in [0.1, 0.15) is 35.2 Å². The third kappa shape index (κ3) is 5.25. The molecule has 2 aliphatic heterocycles. The van der Waals surface area contributed by atoms with Crippen LogP contribution in [0.25, 0.3) is 0 Å². The maximum Gasteiger partial charge on any atom is 0.338 e. The number of carbonyl (C=O) groups excluding carboxylic acids is 2. The summed E-state index contributed by atoms with van der Waals surface area (Å²) in [6, 6.07) is 13.6. The maximum atomic E-state index is 13.0. The van der Waals surface area contributed by atoms with E-state index in [1.807, 2.05) is 31.2 Å². The van der Waals surface area contributed by atoms with Crippen molar-refractivity contribution in [3.05, 3.63) is 76.0 Å². The lowest BCUT2D eigenvalue weighted by atomic mass is 9.94. The van der Waals surface area contributed by atoms with E-state index in [4.69, 9.17) is 4.74 Å². The van der Waals surface area contributed by atoms with E-state index in [0.717, 1.165) is 37.3 Å². The fourth-order valence-corrected chi connectivity index (χ4v) is 4.73. The molecule has 7 heteroatoms. The number of hydrogen-bond acceptors (Lipinski definition) is 5. The summed E-state index contributed by atoms with van der Waals surface area (Å²) in [7, 11) is 0. The standard InChI is InChI=1S/C27H34N4O3/c1-5-34-26(32)24-22(28-27(33)29-25(24)21-9-6-18(2)7-10-21)17-30-12-14-31(15-13-30)23-11-8-19(3)16-20(23)4/h6-11,16,25H,5,12-15,17H2,1-4H3,(H2,28,29,33)/t25-/m1/s1. The number of nitrogens with zero attached hydrogens (tertiary/aromatic N) is 2. The molecule has 1 atom stereocenters. The third-order valence-corrected chi connectivity index (χ3v) is 6.51. The number of anilines is 1. The monoisotopic (exact) mass is 462 g/mol. The summed E-state index contributed by atoms with van der Waals surface area (Å²) in [5.41, 5.74) is 6.89. The number of hydrogen-bond donors (Lipinski definition) is 2. The molecular formula is C27H34N4O3. The maximum absolute atomic E-state index is 13.0. The molecule has 1 fully saturated rings. The number of ether oxygens (including phenoxy) is 1. The van der Waals surface area contributed by atoms with Gasteiger partial charge in [-0.2, -0.15) is 0 Å². The molecule has 0 aromatic heterocycles. The molecule has 2 aromatic carbocycles. The van der Waals surface area contributed by atoms with Gasteiger partial charge in [-0.25, -0.2) is 9.59 Å². The highest BCUT2D eigenvalue weighted by molar-refractivity contribution is 5.95. The molecule has 0 spiro atoms. The minimum atomic E-state index is -0.542. The van der Waals surface area contributed by atoms with Gasteiger partial charge in [-0.3, -0.25) is 4.90 Å². The summed E-state index contributed by atoms with van der Waals surface area (Å²) >= 11 is 0. The number of benzene rings is 2. The summed E-state index contributed by atoms with van der Waals surface area (Å²) in [5, 5.41) is 5.81. The molecule has 2 aromatic rings. The Bertz CT molecular complexity index is 1090. The van der Waals surface area contributed by atoms with Crippen LogP contribution in [0.3, 0.4) is 0 Å². The van der Waals surface area contributed by atoms with Crippen LogP contribution in [0.15, 0.2) is 53.7 Å². The Balaban J connectivity index is 1.55. The Morgan fingerprint density at radius 1 is 1.00 bits per heavy atom. The topological polar surface area (TPSA) is 73.9 Å². The van der Waals surface area contributed by atoms with Gasteiger partial charge >= 0.3 is 12.0 Å². The van der Waals surface area contributed by atoms with Crippen molar-refractivity contribution < 1.29 is 14.3 Å². The van der Waals surface area contributed by atoms with Crippen molar-refractivity contribution in [2.45, 2.75) is 33.7 Å². The quantitative estimate of drug-likeness (QED) is 0.642. The highest BCUT2D eigenvalue weighted by Crippen LogP contribution is 2.29. The lowest BCUT2D eigenvalue weighted by molar-refractivity contribution is -0.139. The summed E-state index contributed by atoms with van der Waals surface area (Å²) < 4.78 is 5.39. The first kappa shape index (κ1) is 23.8. The zero-order chi connectivity index (χ0) is 24.2. The Hall–Kier alpha value is -3.32. The first-order valence-corrected chi connectivity index (χ1v) is 11.9. The van der Waals surface area contributed by atoms with Crippen LogP contribution in [0, 0.1) is 20.8 Å². The molecule has 2 heterocycles. The summed E-state index contributed by atoms with van der Waals surface area (Å²) in [6.45, 7) is 12.3. The van der Waals surface area contributed by atoms with E-state index in [1.165, 1.54) is 16.8 Å². The van der Waals surface area contributed by atoms with E-state index in [9.17, 15) is 9.59 Å². The minimum absolute atomic E-state index is 0.277. The van der Waals surface area contributed by atoms with Crippen LogP contribution >= 0.6 is 0 Å². The molecule has 0 saturated carbocycles. The van der Waals surface area contributed by atoms with E-state index < -0.39 is 12.0 Å². The minimum Gasteiger partial charge on any atom is -0.463 e. The van der Waals surface area contributed by atoms with E-state index in [-0.39, 0.29) is 12.6 Å². The molecule has 34 heavy (non-hydrogen) atoms. The van der Waals surface area contributed by atoms with Gasteiger partial charge in [0.25, 0.3) is 0 Å².